The fraction of sp³-hybridized carbons (Fsp3) is 0.400. The number of hydrogen-bond acceptors (Lipinski definition) is 10. The number of anilines is 3. The molecule has 14 nitrogen and oxygen atoms in total. The number of phosphoric ester groups is 1. The van der Waals surface area contributed by atoms with E-state index in [0.29, 0.717) is 78.1 Å². The Morgan fingerprint density at radius 3 is 2.61 bits per heavy atom. The fourth-order valence-electron chi connectivity index (χ4n) is 4.72. The Balaban J connectivity index is 1.37. The van der Waals surface area contributed by atoms with Gasteiger partial charge in [-0.2, -0.15) is 5.10 Å². The van der Waals surface area contributed by atoms with Gasteiger partial charge in [0.15, 0.2) is 17.3 Å². The topological polar surface area (TPSA) is 184 Å². The minimum atomic E-state index is -4.52. The lowest BCUT2D eigenvalue weighted by molar-refractivity contribution is -0.115. The first-order valence-corrected chi connectivity index (χ1v) is 16.1. The van der Waals surface area contributed by atoms with Crippen molar-refractivity contribution in [3.05, 3.63) is 60.3 Å². The zero-order valence-corrected chi connectivity index (χ0v) is 27.0. The lowest BCUT2D eigenvalue weighted by Crippen LogP contribution is -2.36. The molecule has 0 radical (unpaired) electrons. The number of phosphoric acid groups is 1. The SMILES string of the molecule is COc1cc2c(Nc3cc(CC(=O)Nc4cccc(F)c4)[nH]n3)ncnc2cc1OCCCN(CCOP(=O)(O)O)CC(C)(C)C. The van der Waals surface area contributed by atoms with Crippen LogP contribution in [0.3, 0.4) is 0 Å². The molecule has 0 saturated carbocycles. The van der Waals surface area contributed by atoms with Crippen molar-refractivity contribution >= 4 is 42.0 Å². The van der Waals surface area contributed by atoms with Gasteiger partial charge in [-0.05, 0) is 36.1 Å². The van der Waals surface area contributed by atoms with E-state index in [-0.39, 0.29) is 24.3 Å². The number of aromatic nitrogens is 4. The quantitative estimate of drug-likeness (QED) is 0.0830. The predicted molar refractivity (Wildman–Crippen MR) is 171 cm³/mol. The second kappa shape index (κ2) is 15.4. The van der Waals surface area contributed by atoms with Crippen LogP contribution in [0.1, 0.15) is 32.9 Å². The van der Waals surface area contributed by atoms with E-state index >= 15 is 0 Å². The maximum absolute atomic E-state index is 13.4. The first-order chi connectivity index (χ1) is 21.8. The molecule has 0 spiro atoms. The lowest BCUT2D eigenvalue weighted by atomic mass is 9.96. The molecular weight excluding hydrogens is 620 g/mol. The Hall–Kier alpha value is -4.14. The zero-order chi connectivity index (χ0) is 33.3. The Labute approximate surface area is 265 Å². The number of amides is 1. The van der Waals surface area contributed by atoms with Crippen LogP contribution in [-0.4, -0.2) is 80.7 Å². The Morgan fingerprint density at radius 2 is 1.89 bits per heavy atom. The van der Waals surface area contributed by atoms with Crippen LogP contribution >= 0.6 is 7.82 Å². The summed E-state index contributed by atoms with van der Waals surface area (Å²) in [5, 5.41) is 13.5. The summed E-state index contributed by atoms with van der Waals surface area (Å²) in [5.74, 6) is 1.09. The third-order valence-corrected chi connectivity index (χ3v) is 7.02. The molecule has 0 aliphatic carbocycles. The number of fused-ring (bicyclic) bond motifs is 1. The van der Waals surface area contributed by atoms with Gasteiger partial charge in [0, 0.05) is 48.5 Å². The summed E-state index contributed by atoms with van der Waals surface area (Å²) >= 11 is 0. The number of methoxy groups -OCH3 is 1. The highest BCUT2D eigenvalue weighted by atomic mass is 31.2. The molecule has 0 fully saturated rings. The van der Waals surface area contributed by atoms with Crippen LogP contribution < -0.4 is 20.1 Å². The molecule has 4 rings (SSSR count). The minimum Gasteiger partial charge on any atom is -0.493 e. The molecule has 0 bridgehead atoms. The van der Waals surface area contributed by atoms with Gasteiger partial charge in [0.2, 0.25) is 5.91 Å². The van der Waals surface area contributed by atoms with Gasteiger partial charge in [0.25, 0.3) is 0 Å². The van der Waals surface area contributed by atoms with Gasteiger partial charge in [-0.15, -0.1) is 0 Å². The van der Waals surface area contributed by atoms with Crippen LogP contribution in [0.15, 0.2) is 48.8 Å². The highest BCUT2D eigenvalue weighted by molar-refractivity contribution is 7.46. The largest absolute Gasteiger partial charge is 0.493 e. The van der Waals surface area contributed by atoms with Crippen LogP contribution in [0, 0.1) is 11.2 Å². The first-order valence-electron chi connectivity index (χ1n) is 14.5. The number of hydrogen-bond donors (Lipinski definition) is 5. The fourth-order valence-corrected chi connectivity index (χ4v) is 5.04. The number of carbonyl (C=O) groups is 1. The summed E-state index contributed by atoms with van der Waals surface area (Å²) in [6, 6.07) is 10.9. The van der Waals surface area contributed by atoms with Crippen molar-refractivity contribution in [2.75, 3.05) is 50.6 Å². The van der Waals surface area contributed by atoms with Crippen LogP contribution in [-0.2, 0) is 20.3 Å². The van der Waals surface area contributed by atoms with E-state index in [1.54, 1.807) is 24.3 Å². The molecule has 2 aromatic heterocycles. The maximum atomic E-state index is 13.4. The van der Waals surface area contributed by atoms with E-state index in [1.165, 1.54) is 31.6 Å². The van der Waals surface area contributed by atoms with Crippen LogP contribution in [0.5, 0.6) is 11.5 Å². The highest BCUT2D eigenvalue weighted by Crippen LogP contribution is 2.36. The minimum absolute atomic E-state index is 0.000616. The monoisotopic (exact) mass is 659 g/mol. The summed E-state index contributed by atoms with van der Waals surface area (Å²) < 4.78 is 40.8. The summed E-state index contributed by atoms with van der Waals surface area (Å²) in [7, 11) is -2.99. The molecule has 5 N–H and O–H groups in total. The third kappa shape index (κ3) is 11.0. The summed E-state index contributed by atoms with van der Waals surface area (Å²) in [6.45, 7) is 8.26. The van der Waals surface area contributed by atoms with Crippen molar-refractivity contribution in [2.45, 2.75) is 33.6 Å². The molecular formula is C30H39FN7O7P. The van der Waals surface area contributed by atoms with Gasteiger partial charge in [-0.3, -0.25) is 14.4 Å². The number of H-pyrrole nitrogens is 1. The number of rotatable bonds is 16. The van der Waals surface area contributed by atoms with Gasteiger partial charge in [-0.25, -0.2) is 18.9 Å². The molecule has 0 aliphatic heterocycles. The number of carbonyl (C=O) groups excluding carboxylic acids is 1. The van der Waals surface area contributed by atoms with Crippen molar-refractivity contribution < 1.29 is 37.5 Å². The average molecular weight is 660 g/mol. The van der Waals surface area contributed by atoms with Gasteiger partial charge < -0.3 is 34.8 Å². The summed E-state index contributed by atoms with van der Waals surface area (Å²) in [4.78, 5) is 41.2. The van der Waals surface area contributed by atoms with Crippen molar-refractivity contribution in [2.24, 2.45) is 5.41 Å². The number of nitrogens with one attached hydrogen (secondary N) is 3. The number of halogens is 1. The van der Waals surface area contributed by atoms with E-state index in [0.717, 1.165) is 0 Å². The van der Waals surface area contributed by atoms with E-state index in [1.807, 2.05) is 0 Å². The highest BCUT2D eigenvalue weighted by Gasteiger charge is 2.19. The number of benzene rings is 2. The van der Waals surface area contributed by atoms with Gasteiger partial charge in [0.1, 0.15) is 18.0 Å². The molecule has 2 heterocycles. The lowest BCUT2D eigenvalue weighted by Gasteiger charge is -2.29. The van der Waals surface area contributed by atoms with E-state index in [4.69, 9.17) is 19.3 Å². The molecule has 0 saturated heterocycles. The molecule has 16 heteroatoms. The number of nitrogens with zero attached hydrogens (tertiary/aromatic N) is 4. The Kier molecular flexibility index (Phi) is 11.7. The number of ether oxygens (including phenoxy) is 2. The molecule has 0 atom stereocenters. The Bertz CT molecular complexity index is 1680. The average Bonchev–Trinajstić information content (AvgIpc) is 3.39. The standard InChI is InChI=1S/C30H39FN7O7P/c1-30(2,3)18-38(10-12-45-46(40,41)42)9-6-11-44-26-17-24-23(16-25(26)43-4)29(33-19-32-24)35-27-14-22(36-37-27)15-28(39)34-21-8-5-7-20(31)13-21/h5,7-8,13-14,16-17,19H,6,9-12,15,18H2,1-4H3,(H,34,39)(H2,40,41,42)(H2,32,33,35,36,37). The molecule has 4 aromatic rings. The molecule has 0 aliphatic rings. The molecule has 0 unspecified atom stereocenters. The van der Waals surface area contributed by atoms with Gasteiger partial charge >= 0.3 is 7.82 Å². The van der Waals surface area contributed by atoms with E-state index in [9.17, 15) is 13.8 Å². The third-order valence-electron chi connectivity index (χ3n) is 6.50. The maximum Gasteiger partial charge on any atom is 0.469 e. The normalized spacial score (nSPS) is 12.0. The summed E-state index contributed by atoms with van der Waals surface area (Å²) in [6.07, 6.45) is 2.05. The smallest absolute Gasteiger partial charge is 0.469 e. The molecule has 1 amide bonds. The summed E-state index contributed by atoms with van der Waals surface area (Å²) in [5.41, 5.74) is 1.48. The first kappa shape index (κ1) is 34.7. The van der Waals surface area contributed by atoms with Crippen molar-refractivity contribution in [1.82, 2.24) is 25.1 Å². The molecule has 46 heavy (non-hydrogen) atoms. The molecule has 248 valence electrons. The van der Waals surface area contributed by atoms with Crippen LogP contribution in [0.25, 0.3) is 10.9 Å². The molecule has 2 aromatic carbocycles. The van der Waals surface area contributed by atoms with E-state index in [2.05, 4.69) is 61.0 Å². The number of aromatic amines is 1. The second-order valence-electron chi connectivity index (χ2n) is 11.7. The van der Waals surface area contributed by atoms with E-state index < -0.39 is 13.6 Å². The van der Waals surface area contributed by atoms with Crippen LogP contribution in [0.2, 0.25) is 0 Å². The van der Waals surface area contributed by atoms with Gasteiger partial charge in [0.05, 0.1) is 32.3 Å². The van der Waals surface area contributed by atoms with Crippen molar-refractivity contribution in [3.8, 4) is 11.5 Å². The second-order valence-corrected chi connectivity index (χ2v) is 13.0. The van der Waals surface area contributed by atoms with Crippen molar-refractivity contribution in [1.29, 1.82) is 0 Å². The zero-order valence-electron chi connectivity index (χ0n) is 26.1. The van der Waals surface area contributed by atoms with Crippen LogP contribution in [0.4, 0.5) is 21.7 Å². The predicted octanol–water partition coefficient (Wildman–Crippen LogP) is 4.65. The van der Waals surface area contributed by atoms with Crippen molar-refractivity contribution in [3.63, 3.8) is 0 Å². The van der Waals surface area contributed by atoms with Gasteiger partial charge in [-0.1, -0.05) is 26.8 Å². The Morgan fingerprint density at radius 1 is 1.09 bits per heavy atom.